The minimum atomic E-state index is -3.34. The van der Waals surface area contributed by atoms with Gasteiger partial charge in [-0.1, -0.05) is 196 Å². The maximum Gasteiger partial charge on any atom is 0.356 e. The summed E-state index contributed by atoms with van der Waals surface area (Å²) in [5.74, 6) is -1.46. The molecular formula is C53H54N3O7PS3Si. The fourth-order valence-electron chi connectivity index (χ4n) is 8.90. The molecule has 0 saturated carbocycles. The van der Waals surface area contributed by atoms with E-state index in [-0.39, 0.29) is 29.5 Å². The summed E-state index contributed by atoms with van der Waals surface area (Å²) in [7, 11) is -3.21. The molecule has 10 nitrogen and oxygen atoms in total. The zero-order valence-corrected chi connectivity index (χ0v) is 42.9. The molecule has 0 aromatic heterocycles. The Balaban J connectivity index is 1.46. The van der Waals surface area contributed by atoms with Crippen LogP contribution in [0.25, 0.3) is 0 Å². The molecule has 7 rings (SSSR count). The summed E-state index contributed by atoms with van der Waals surface area (Å²) < 4.78 is 14.5. The lowest BCUT2D eigenvalue weighted by atomic mass is 9.93. The lowest BCUT2D eigenvalue weighted by Gasteiger charge is -2.53. The summed E-state index contributed by atoms with van der Waals surface area (Å²) in [5, 5.41) is 17.8. The van der Waals surface area contributed by atoms with Crippen molar-refractivity contribution in [3.63, 3.8) is 0 Å². The summed E-state index contributed by atoms with van der Waals surface area (Å²) in [6, 6.07) is 55.8. The fourth-order valence-corrected chi connectivity index (χ4v) is 20.8. The van der Waals surface area contributed by atoms with Crippen LogP contribution in [-0.4, -0.2) is 68.6 Å². The molecule has 1 N–H and O–H groups in total. The van der Waals surface area contributed by atoms with Crippen LogP contribution in [0.1, 0.15) is 40.2 Å². The molecule has 6 aromatic carbocycles. The number of rotatable bonds is 17. The number of non-ortho nitro benzene ring substituents is 1. The van der Waals surface area contributed by atoms with Gasteiger partial charge in [-0.15, -0.1) is 11.8 Å². The van der Waals surface area contributed by atoms with Crippen LogP contribution in [0, 0.1) is 16.0 Å². The van der Waals surface area contributed by atoms with Gasteiger partial charge in [-0.3, -0.25) is 24.6 Å². The van der Waals surface area contributed by atoms with Crippen molar-refractivity contribution in [1.82, 2.24) is 10.2 Å². The van der Waals surface area contributed by atoms with E-state index in [2.05, 4.69) is 50.4 Å². The van der Waals surface area contributed by atoms with E-state index in [1.54, 1.807) is 17.0 Å². The molecule has 3 atom stereocenters. The summed E-state index contributed by atoms with van der Waals surface area (Å²) in [6.45, 7) is 6.84. The fraction of sp³-hybridized carbons (Fsp3) is 0.226. The van der Waals surface area contributed by atoms with Gasteiger partial charge in [0.25, 0.3) is 14.0 Å². The molecule has 2 amide bonds. The van der Waals surface area contributed by atoms with Gasteiger partial charge in [-0.25, -0.2) is 4.79 Å². The molecular weight excluding hydrogens is 946 g/mol. The van der Waals surface area contributed by atoms with E-state index in [4.69, 9.17) is 21.4 Å². The van der Waals surface area contributed by atoms with E-state index in [0.717, 1.165) is 26.3 Å². The Bertz CT molecular complexity index is 2640. The first-order valence-electron chi connectivity index (χ1n) is 22.2. The highest BCUT2D eigenvalue weighted by Gasteiger charge is 2.59. The molecule has 350 valence electrons. The van der Waals surface area contributed by atoms with Crippen molar-refractivity contribution in [2.45, 2.75) is 57.7 Å². The molecule has 1 heterocycles. The van der Waals surface area contributed by atoms with Crippen LogP contribution in [0.15, 0.2) is 176 Å². The van der Waals surface area contributed by atoms with Gasteiger partial charge in [0.2, 0.25) is 11.8 Å². The maximum absolute atomic E-state index is 15.9. The average molecular weight is 1000 g/mol. The molecule has 0 radical (unpaired) electrons. The number of thioether (sulfide) groups is 2. The van der Waals surface area contributed by atoms with Crippen molar-refractivity contribution < 1.29 is 28.5 Å². The third-order valence-corrected chi connectivity index (χ3v) is 24.2. The number of esters is 1. The van der Waals surface area contributed by atoms with Crippen LogP contribution in [0.3, 0.4) is 0 Å². The van der Waals surface area contributed by atoms with Crippen LogP contribution in [-0.2, 0) is 30.2 Å². The molecule has 0 aliphatic carbocycles. The van der Waals surface area contributed by atoms with Gasteiger partial charge in [0.05, 0.1) is 16.9 Å². The molecule has 1 aliphatic rings. The number of amides is 2. The third kappa shape index (κ3) is 10.5. The van der Waals surface area contributed by atoms with E-state index in [9.17, 15) is 14.9 Å². The molecule has 1 fully saturated rings. The van der Waals surface area contributed by atoms with Crippen LogP contribution in [0.5, 0.6) is 0 Å². The smallest absolute Gasteiger partial charge is 0.356 e. The predicted octanol–water partition coefficient (Wildman–Crippen LogP) is 8.40. The first kappa shape index (κ1) is 50.3. The van der Waals surface area contributed by atoms with Crippen LogP contribution >= 0.6 is 42.6 Å². The van der Waals surface area contributed by atoms with Crippen LogP contribution in [0.4, 0.5) is 5.69 Å². The second kappa shape index (κ2) is 22.2. The summed E-state index contributed by atoms with van der Waals surface area (Å²) in [4.78, 5) is 56.0. The van der Waals surface area contributed by atoms with Gasteiger partial charge in [0.1, 0.15) is 20.9 Å². The molecule has 1 aliphatic heterocycles. The van der Waals surface area contributed by atoms with Gasteiger partial charge >= 0.3 is 5.97 Å². The summed E-state index contributed by atoms with van der Waals surface area (Å²) >= 11 is 8.84. The molecule has 0 bridgehead atoms. The number of hydrogen-bond donors (Lipinski definition) is 1. The third-order valence-electron chi connectivity index (χ3n) is 12.0. The van der Waals surface area contributed by atoms with Crippen molar-refractivity contribution in [3.05, 3.63) is 192 Å². The number of carbonyl (C=O) groups excluding carboxylic acids is 3. The number of nitro groups is 1. The number of β-lactam (4-membered cyclic amide) rings is 1. The number of benzene rings is 6. The highest BCUT2D eigenvalue weighted by atomic mass is 32.2. The molecule has 68 heavy (non-hydrogen) atoms. The second-order valence-electron chi connectivity index (χ2n) is 17.3. The Labute approximate surface area is 413 Å². The van der Waals surface area contributed by atoms with Gasteiger partial charge in [0, 0.05) is 38.2 Å². The number of nitro benzene ring substituents is 1. The highest BCUT2D eigenvalue weighted by Crippen LogP contribution is 2.52. The zero-order valence-electron chi connectivity index (χ0n) is 38.5. The van der Waals surface area contributed by atoms with E-state index in [1.165, 1.54) is 42.6 Å². The first-order chi connectivity index (χ1) is 32.7. The normalized spacial score (nSPS) is 15.4. The Hall–Kier alpha value is -5.60. The maximum atomic E-state index is 15.9. The topological polar surface area (TPSA) is 128 Å². The number of ether oxygens (including phenoxy) is 1. The first-order valence-corrected chi connectivity index (χ1v) is 28.2. The van der Waals surface area contributed by atoms with Crippen molar-refractivity contribution in [1.29, 1.82) is 0 Å². The Kier molecular flexibility index (Phi) is 16.4. The minimum Gasteiger partial charge on any atom is -0.456 e. The van der Waals surface area contributed by atoms with Crippen molar-refractivity contribution in [3.8, 4) is 0 Å². The van der Waals surface area contributed by atoms with Crippen LogP contribution < -0.4 is 31.6 Å². The Morgan fingerprint density at radius 3 is 1.66 bits per heavy atom. The number of carbonyl (C=O) groups is 3. The Morgan fingerprint density at radius 1 is 0.779 bits per heavy atom. The second-order valence-corrected chi connectivity index (χ2v) is 28.3. The molecule has 3 unspecified atom stereocenters. The largest absolute Gasteiger partial charge is 0.456 e. The quantitative estimate of drug-likeness (QED) is 0.0139. The zero-order chi connectivity index (χ0) is 48.5. The lowest BCUT2D eigenvalue weighted by Crippen LogP contribution is -2.72. The molecule has 0 spiro atoms. The number of nitrogens with zero attached hydrogens (tertiary/aromatic N) is 2. The monoisotopic (exact) mass is 999 g/mol. The predicted molar refractivity (Wildman–Crippen MR) is 287 cm³/mol. The van der Waals surface area contributed by atoms with Gasteiger partial charge in [-0.05, 0) is 55.9 Å². The number of nitrogens with one attached hydrogen (secondary N) is 1. The van der Waals surface area contributed by atoms with Gasteiger partial charge in [0.15, 0.2) is 0 Å². The molecule has 15 heteroatoms. The standard InChI is InChI=1S/C53H54N3O7PS3Si/c1-38(63-68(53(3,4)5,45-27-17-9-18-28-45)46-29-19-10-20-30-46)47-48(58)55(50(47)67-52(65)66-36-35-54-39(2)57)49(51(59)62-37-40-31-33-41(34-32-40)56(60)61)64(42-21-11-6-12-22-42,43-23-13-7-14-24-43)44-25-15-8-16-26-44/h6-34,38,47,50H,35-37H2,1-5H3,(H,54,57). The lowest BCUT2D eigenvalue weighted by molar-refractivity contribution is -0.384. The van der Waals surface area contributed by atoms with Crippen LogP contribution in [0.2, 0.25) is 5.04 Å². The highest BCUT2D eigenvalue weighted by molar-refractivity contribution is 8.47. The van der Waals surface area contributed by atoms with Gasteiger partial charge in [-0.2, -0.15) is 0 Å². The Morgan fingerprint density at radius 2 is 1.24 bits per heavy atom. The summed E-state index contributed by atoms with van der Waals surface area (Å²) in [6.07, 6.45) is -0.676. The molecule has 1 saturated heterocycles. The van der Waals surface area contributed by atoms with E-state index >= 15 is 9.59 Å². The number of likely N-dealkylation sites (tertiary alicyclic amines) is 1. The van der Waals surface area contributed by atoms with E-state index in [0.29, 0.717) is 21.4 Å². The number of thiocarbonyl (C=S) groups is 1. The minimum absolute atomic E-state index is 0.0908. The summed E-state index contributed by atoms with van der Waals surface area (Å²) in [5.41, 5.74) is 0.617. The molecule has 6 aromatic rings. The SMILES string of the molecule is CC(=O)NCCSC(=S)SC1C(C(C)O[Si](c2ccccc2)(c2ccccc2)C(C)(C)C)C(=O)N1C(C(=O)OCc1ccc([N+](=O)[O-])cc1)=P(c1ccccc1)(c1ccccc1)c1ccccc1. The van der Waals surface area contributed by atoms with Gasteiger partial charge < -0.3 is 14.5 Å². The van der Waals surface area contributed by atoms with Crippen molar-refractivity contribution in [2.24, 2.45) is 5.92 Å². The van der Waals surface area contributed by atoms with Crippen molar-refractivity contribution >= 4 is 110 Å². The van der Waals surface area contributed by atoms with Crippen molar-refractivity contribution in [2.75, 3.05) is 12.3 Å². The number of hydrogen-bond acceptors (Lipinski definition) is 10. The van der Waals surface area contributed by atoms with E-state index < -0.39 is 48.5 Å². The average Bonchev–Trinajstić information content (AvgIpc) is 3.34. The van der Waals surface area contributed by atoms with E-state index in [1.807, 2.05) is 134 Å².